The topological polar surface area (TPSA) is 35.6 Å². The number of hydrogen-bond acceptors (Lipinski definition) is 3. The maximum atomic E-state index is 12.6. The second-order valence-electron chi connectivity index (χ2n) is 6.58. The molecule has 1 aromatic carbocycles. The molecule has 0 radical (unpaired) electrons. The second kappa shape index (κ2) is 7.73. The number of piperazine rings is 1. The molecule has 2 heterocycles. The minimum atomic E-state index is 0. The lowest BCUT2D eigenvalue weighted by molar-refractivity contribution is 0.0632. The van der Waals surface area contributed by atoms with Crippen LogP contribution in [0.4, 0.5) is 5.69 Å². The number of carbonyl (C=O) groups excluding carboxylic acids is 1. The normalized spacial score (nSPS) is 20.1. The minimum absolute atomic E-state index is 0. The average molecular weight is 358 g/mol. The zero-order valence-corrected chi connectivity index (χ0v) is 14.9. The maximum Gasteiger partial charge on any atom is 0.253 e. The van der Waals surface area contributed by atoms with Crippen LogP contribution in [0.5, 0.6) is 0 Å². The van der Waals surface area contributed by atoms with E-state index in [0.717, 1.165) is 50.6 Å². The van der Waals surface area contributed by atoms with Crippen LogP contribution >= 0.6 is 24.8 Å². The van der Waals surface area contributed by atoms with Gasteiger partial charge < -0.3 is 10.2 Å². The van der Waals surface area contributed by atoms with Gasteiger partial charge in [-0.25, -0.2) is 0 Å². The molecule has 1 N–H and O–H groups in total. The summed E-state index contributed by atoms with van der Waals surface area (Å²) in [6.45, 7) is 6.06. The summed E-state index contributed by atoms with van der Waals surface area (Å²) >= 11 is 0. The highest BCUT2D eigenvalue weighted by Gasteiger charge is 2.28. The van der Waals surface area contributed by atoms with Crippen molar-refractivity contribution in [3.63, 3.8) is 0 Å². The number of rotatable bonds is 3. The molecule has 0 bridgehead atoms. The molecule has 2 fully saturated rings. The number of fused-ring (bicyclic) bond motifs is 1. The Morgan fingerprint density at radius 1 is 1.13 bits per heavy atom. The summed E-state index contributed by atoms with van der Waals surface area (Å²) in [5.41, 5.74) is 3.34. The summed E-state index contributed by atoms with van der Waals surface area (Å²) in [6.07, 6.45) is 3.84. The van der Waals surface area contributed by atoms with Gasteiger partial charge in [-0.15, -0.1) is 24.8 Å². The van der Waals surface area contributed by atoms with Gasteiger partial charge in [0.25, 0.3) is 5.91 Å². The lowest BCUT2D eigenvalue weighted by atomic mass is 10.1. The number of nitrogens with zero attached hydrogens (tertiary/aromatic N) is 2. The average Bonchev–Trinajstić information content (AvgIpc) is 3.21. The first-order chi connectivity index (χ1) is 10.3. The fourth-order valence-electron chi connectivity index (χ4n) is 3.42. The molecule has 1 amide bonds. The van der Waals surface area contributed by atoms with E-state index in [0.29, 0.717) is 0 Å². The standard InChI is InChI=1S/C17H23N3O.2ClH/c21-17(15-3-4-16-14(11-15)5-6-18-16)20-9-7-19(8-10-20)12-13-1-2-13;;/h3-4,11,13,18H,1-2,5-10,12H2;2*1H. The number of anilines is 1. The monoisotopic (exact) mass is 357 g/mol. The van der Waals surface area contributed by atoms with E-state index in [9.17, 15) is 4.79 Å². The number of benzene rings is 1. The summed E-state index contributed by atoms with van der Waals surface area (Å²) in [5, 5.41) is 3.34. The number of hydrogen-bond donors (Lipinski definition) is 1. The molecule has 2 aliphatic heterocycles. The first-order valence-corrected chi connectivity index (χ1v) is 8.18. The van der Waals surface area contributed by atoms with Crippen molar-refractivity contribution < 1.29 is 4.79 Å². The first-order valence-electron chi connectivity index (χ1n) is 8.18. The van der Waals surface area contributed by atoms with Crippen molar-refractivity contribution in [2.24, 2.45) is 5.92 Å². The number of carbonyl (C=O) groups is 1. The number of nitrogens with one attached hydrogen (secondary N) is 1. The fourth-order valence-corrected chi connectivity index (χ4v) is 3.42. The van der Waals surface area contributed by atoms with Crippen molar-refractivity contribution in [1.82, 2.24) is 9.80 Å². The van der Waals surface area contributed by atoms with Gasteiger partial charge in [-0.2, -0.15) is 0 Å². The van der Waals surface area contributed by atoms with E-state index >= 15 is 0 Å². The molecule has 3 aliphatic rings. The maximum absolute atomic E-state index is 12.6. The van der Waals surface area contributed by atoms with Crippen molar-refractivity contribution in [3.8, 4) is 0 Å². The Hall–Kier alpha value is -0.970. The predicted octanol–water partition coefficient (Wildman–Crippen LogP) is 2.67. The molecule has 0 spiro atoms. The molecular weight excluding hydrogens is 333 g/mol. The Labute approximate surface area is 150 Å². The quantitative estimate of drug-likeness (QED) is 0.903. The largest absolute Gasteiger partial charge is 0.384 e. The highest BCUT2D eigenvalue weighted by molar-refractivity contribution is 5.95. The molecule has 4 nitrogen and oxygen atoms in total. The lowest BCUT2D eigenvalue weighted by Crippen LogP contribution is -2.49. The Bertz CT molecular complexity index is 555. The Balaban J connectivity index is 0.000000960. The van der Waals surface area contributed by atoms with Gasteiger partial charge in [-0.1, -0.05) is 0 Å². The molecule has 1 aliphatic carbocycles. The van der Waals surface area contributed by atoms with Gasteiger partial charge in [0.15, 0.2) is 0 Å². The van der Waals surface area contributed by atoms with Gasteiger partial charge in [0.2, 0.25) is 0 Å². The second-order valence-corrected chi connectivity index (χ2v) is 6.58. The summed E-state index contributed by atoms with van der Waals surface area (Å²) in [5.74, 6) is 1.15. The molecule has 1 aromatic rings. The van der Waals surface area contributed by atoms with Gasteiger partial charge in [-0.3, -0.25) is 9.69 Å². The van der Waals surface area contributed by atoms with Gasteiger partial charge >= 0.3 is 0 Å². The number of halogens is 2. The van der Waals surface area contributed by atoms with Gasteiger partial charge in [-0.05, 0) is 48.9 Å². The Morgan fingerprint density at radius 2 is 1.87 bits per heavy atom. The van der Waals surface area contributed by atoms with Crippen molar-refractivity contribution in [2.45, 2.75) is 19.3 Å². The lowest BCUT2D eigenvalue weighted by Gasteiger charge is -2.34. The van der Waals surface area contributed by atoms with Gasteiger partial charge in [0.05, 0.1) is 0 Å². The molecule has 128 valence electrons. The van der Waals surface area contributed by atoms with Crippen molar-refractivity contribution in [3.05, 3.63) is 29.3 Å². The Kier molecular flexibility index (Phi) is 6.18. The summed E-state index contributed by atoms with van der Waals surface area (Å²) in [4.78, 5) is 17.2. The van der Waals surface area contributed by atoms with Crippen LogP contribution in [0.1, 0.15) is 28.8 Å². The van der Waals surface area contributed by atoms with E-state index in [-0.39, 0.29) is 30.7 Å². The summed E-state index contributed by atoms with van der Waals surface area (Å²) in [7, 11) is 0. The van der Waals surface area contributed by atoms with E-state index in [4.69, 9.17) is 0 Å². The first kappa shape index (κ1) is 18.4. The van der Waals surface area contributed by atoms with E-state index in [1.807, 2.05) is 11.0 Å². The molecule has 6 heteroatoms. The van der Waals surface area contributed by atoms with Crippen LogP contribution < -0.4 is 5.32 Å². The van der Waals surface area contributed by atoms with E-state index < -0.39 is 0 Å². The summed E-state index contributed by atoms with van der Waals surface area (Å²) in [6, 6.07) is 6.10. The van der Waals surface area contributed by atoms with Crippen LogP contribution in [0, 0.1) is 5.92 Å². The smallest absolute Gasteiger partial charge is 0.253 e. The molecule has 4 rings (SSSR count). The zero-order chi connectivity index (χ0) is 14.2. The van der Waals surface area contributed by atoms with E-state index in [1.54, 1.807) is 0 Å². The molecule has 1 saturated carbocycles. The highest BCUT2D eigenvalue weighted by Crippen LogP contribution is 2.30. The zero-order valence-electron chi connectivity index (χ0n) is 13.3. The van der Waals surface area contributed by atoms with Crippen LogP contribution in [0.3, 0.4) is 0 Å². The van der Waals surface area contributed by atoms with E-state index in [2.05, 4.69) is 22.3 Å². The fraction of sp³-hybridized carbons (Fsp3) is 0.588. The molecule has 23 heavy (non-hydrogen) atoms. The van der Waals surface area contributed by atoms with Crippen LogP contribution in [0.25, 0.3) is 0 Å². The van der Waals surface area contributed by atoms with Crippen LogP contribution in [0.15, 0.2) is 18.2 Å². The third-order valence-corrected chi connectivity index (χ3v) is 4.93. The minimum Gasteiger partial charge on any atom is -0.384 e. The SMILES string of the molecule is Cl.Cl.O=C(c1ccc2c(c1)CCN2)N1CCN(CC2CC2)CC1. The van der Waals surface area contributed by atoms with Gasteiger partial charge in [0.1, 0.15) is 0 Å². The highest BCUT2D eigenvalue weighted by atomic mass is 35.5. The molecule has 0 aromatic heterocycles. The molecule has 1 saturated heterocycles. The van der Waals surface area contributed by atoms with E-state index in [1.165, 1.54) is 30.6 Å². The van der Waals surface area contributed by atoms with Crippen LogP contribution in [-0.2, 0) is 6.42 Å². The van der Waals surface area contributed by atoms with Crippen molar-refractivity contribution in [2.75, 3.05) is 44.6 Å². The van der Waals surface area contributed by atoms with Gasteiger partial charge in [0, 0.05) is 50.5 Å². The third-order valence-electron chi connectivity index (χ3n) is 4.93. The molecule has 0 atom stereocenters. The van der Waals surface area contributed by atoms with Crippen molar-refractivity contribution >= 4 is 36.4 Å². The van der Waals surface area contributed by atoms with Crippen molar-refractivity contribution in [1.29, 1.82) is 0 Å². The molecule has 0 unspecified atom stereocenters. The van der Waals surface area contributed by atoms with Crippen LogP contribution in [0.2, 0.25) is 0 Å². The molecular formula is C17H25Cl2N3O. The number of amides is 1. The van der Waals surface area contributed by atoms with Crippen LogP contribution in [-0.4, -0.2) is 55.0 Å². The Morgan fingerprint density at radius 3 is 2.57 bits per heavy atom. The summed E-state index contributed by atoms with van der Waals surface area (Å²) < 4.78 is 0. The predicted molar refractivity (Wildman–Crippen MR) is 98.2 cm³/mol. The third kappa shape index (κ3) is 4.11.